The van der Waals surface area contributed by atoms with Crippen molar-refractivity contribution < 1.29 is 13.2 Å². The molecule has 0 bridgehead atoms. The van der Waals surface area contributed by atoms with E-state index < -0.39 is 23.4 Å². The average Bonchev–Trinajstić information content (AvgIpc) is 2.22. The molecule has 0 unspecified atom stereocenters. The van der Waals surface area contributed by atoms with Crippen LogP contribution in [0.1, 0.15) is 17.7 Å². The summed E-state index contributed by atoms with van der Waals surface area (Å²) in [5.74, 6) is -0.706. The zero-order chi connectivity index (χ0) is 11.9. The van der Waals surface area contributed by atoms with Crippen molar-refractivity contribution in [2.24, 2.45) is 0 Å². The fourth-order valence-electron chi connectivity index (χ4n) is 1.59. The van der Waals surface area contributed by atoms with Gasteiger partial charge in [0.25, 0.3) is 6.43 Å². The van der Waals surface area contributed by atoms with Crippen LogP contribution >= 0.6 is 0 Å². The Hall–Kier alpha value is -1.78. The molecule has 5 heteroatoms. The lowest BCUT2D eigenvalue weighted by atomic mass is 10.1. The maximum Gasteiger partial charge on any atom is 0.278 e. The number of nitrogens with one attached hydrogen (secondary N) is 1. The second-order valence-electron chi connectivity index (χ2n) is 3.50. The van der Waals surface area contributed by atoms with Crippen molar-refractivity contribution >= 4 is 10.9 Å². The van der Waals surface area contributed by atoms with E-state index in [0.717, 1.165) is 12.1 Å². The molecule has 84 valence electrons. The van der Waals surface area contributed by atoms with Crippen LogP contribution in [0.15, 0.2) is 23.0 Å². The third kappa shape index (κ3) is 1.58. The molecule has 0 aliphatic heterocycles. The van der Waals surface area contributed by atoms with Crippen molar-refractivity contribution in [2.45, 2.75) is 13.3 Å². The molecular formula is C11H8F3NO. The highest BCUT2D eigenvalue weighted by molar-refractivity contribution is 5.82. The summed E-state index contributed by atoms with van der Waals surface area (Å²) in [4.78, 5) is 13.9. The van der Waals surface area contributed by atoms with E-state index >= 15 is 0 Å². The first kappa shape index (κ1) is 10.7. The molecular weight excluding hydrogens is 219 g/mol. The number of benzene rings is 1. The van der Waals surface area contributed by atoms with Crippen LogP contribution in [-0.2, 0) is 0 Å². The largest absolute Gasteiger partial charge is 0.353 e. The highest BCUT2D eigenvalue weighted by Crippen LogP contribution is 2.21. The summed E-state index contributed by atoms with van der Waals surface area (Å²) in [5, 5.41) is -0.176. The first-order valence-electron chi connectivity index (χ1n) is 4.61. The predicted molar refractivity (Wildman–Crippen MR) is 54.2 cm³/mol. The third-order valence-corrected chi connectivity index (χ3v) is 2.40. The monoisotopic (exact) mass is 227 g/mol. The lowest BCUT2D eigenvalue weighted by molar-refractivity contribution is 0.146. The molecule has 0 saturated carbocycles. The fourth-order valence-corrected chi connectivity index (χ4v) is 1.59. The van der Waals surface area contributed by atoms with Gasteiger partial charge in [-0.3, -0.25) is 4.79 Å². The van der Waals surface area contributed by atoms with Crippen molar-refractivity contribution in [1.29, 1.82) is 0 Å². The van der Waals surface area contributed by atoms with Crippen molar-refractivity contribution in [3.8, 4) is 0 Å². The number of aryl methyl sites for hydroxylation is 1. The summed E-state index contributed by atoms with van der Waals surface area (Å²) in [6.45, 7) is 1.62. The average molecular weight is 227 g/mol. The van der Waals surface area contributed by atoms with Gasteiger partial charge in [0.1, 0.15) is 5.82 Å². The van der Waals surface area contributed by atoms with Gasteiger partial charge in [0, 0.05) is 6.07 Å². The van der Waals surface area contributed by atoms with Crippen molar-refractivity contribution in [3.05, 3.63) is 45.5 Å². The van der Waals surface area contributed by atoms with Gasteiger partial charge in [-0.05, 0) is 18.6 Å². The molecule has 0 aliphatic carbocycles. The zero-order valence-electron chi connectivity index (χ0n) is 8.35. The van der Waals surface area contributed by atoms with E-state index in [1.54, 1.807) is 6.92 Å². The Bertz CT molecular complexity index is 604. The maximum atomic E-state index is 13.4. The molecule has 2 rings (SSSR count). The van der Waals surface area contributed by atoms with Gasteiger partial charge in [-0.1, -0.05) is 6.07 Å². The number of hydrogen-bond acceptors (Lipinski definition) is 1. The maximum absolute atomic E-state index is 13.4. The Morgan fingerprint density at radius 2 is 2.00 bits per heavy atom. The molecule has 1 N–H and O–H groups in total. The number of alkyl halides is 2. The molecule has 0 spiro atoms. The van der Waals surface area contributed by atoms with Crippen LogP contribution in [0.4, 0.5) is 13.2 Å². The van der Waals surface area contributed by atoms with Crippen molar-refractivity contribution in [1.82, 2.24) is 4.98 Å². The van der Waals surface area contributed by atoms with E-state index in [9.17, 15) is 18.0 Å². The number of aromatic amines is 1. The van der Waals surface area contributed by atoms with Crippen molar-refractivity contribution in [3.63, 3.8) is 0 Å². The molecule has 0 radical (unpaired) electrons. The molecule has 1 aromatic carbocycles. The molecule has 0 atom stereocenters. The van der Waals surface area contributed by atoms with Crippen LogP contribution < -0.4 is 5.43 Å². The Morgan fingerprint density at radius 1 is 1.31 bits per heavy atom. The van der Waals surface area contributed by atoms with Crippen LogP contribution in [-0.4, -0.2) is 4.98 Å². The van der Waals surface area contributed by atoms with Crippen LogP contribution in [0.3, 0.4) is 0 Å². The van der Waals surface area contributed by atoms with Gasteiger partial charge in [0.15, 0.2) is 5.43 Å². The summed E-state index contributed by atoms with van der Waals surface area (Å²) in [6, 6.07) is 3.31. The number of pyridine rings is 1. The topological polar surface area (TPSA) is 32.9 Å². The Labute approximate surface area is 88.7 Å². The molecule has 2 aromatic rings. The first-order valence-corrected chi connectivity index (χ1v) is 4.61. The van der Waals surface area contributed by atoms with Gasteiger partial charge in [-0.25, -0.2) is 13.2 Å². The standard InChI is InChI=1S/C11H8F3NO/c1-5-2-3-6(12)9-8(16)4-7(11(13)14)15-10(5)9/h2-4,11H,1H3,(H,15,16). The number of halogens is 3. The van der Waals surface area contributed by atoms with Crippen molar-refractivity contribution in [2.75, 3.05) is 0 Å². The molecule has 0 aliphatic rings. The summed E-state index contributed by atoms with van der Waals surface area (Å²) in [7, 11) is 0. The summed E-state index contributed by atoms with van der Waals surface area (Å²) in [6.07, 6.45) is -2.78. The van der Waals surface area contributed by atoms with E-state index in [1.165, 1.54) is 6.07 Å². The van der Waals surface area contributed by atoms with Crippen LogP contribution in [0, 0.1) is 12.7 Å². The first-order chi connectivity index (χ1) is 7.50. The lowest BCUT2D eigenvalue weighted by Crippen LogP contribution is -2.08. The van der Waals surface area contributed by atoms with E-state index in [0.29, 0.717) is 5.56 Å². The Balaban J connectivity index is 2.92. The highest BCUT2D eigenvalue weighted by atomic mass is 19.3. The smallest absolute Gasteiger partial charge is 0.278 e. The minimum Gasteiger partial charge on any atom is -0.353 e. The zero-order valence-corrected chi connectivity index (χ0v) is 8.35. The normalized spacial score (nSPS) is 11.3. The molecule has 0 saturated heterocycles. The van der Waals surface area contributed by atoms with Gasteiger partial charge >= 0.3 is 0 Å². The van der Waals surface area contributed by atoms with E-state index in [2.05, 4.69) is 4.98 Å². The molecule has 0 fully saturated rings. The molecule has 1 aromatic heterocycles. The molecule has 2 nitrogen and oxygen atoms in total. The van der Waals surface area contributed by atoms with Gasteiger partial charge in [-0.2, -0.15) is 0 Å². The summed E-state index contributed by atoms with van der Waals surface area (Å²) < 4.78 is 38.2. The van der Waals surface area contributed by atoms with Gasteiger partial charge in [0.05, 0.1) is 16.6 Å². The lowest BCUT2D eigenvalue weighted by Gasteiger charge is -2.06. The second kappa shape index (κ2) is 3.66. The predicted octanol–water partition coefficient (Wildman–Crippen LogP) is 2.91. The molecule has 16 heavy (non-hydrogen) atoms. The van der Waals surface area contributed by atoms with Crippen LogP contribution in [0.5, 0.6) is 0 Å². The Kier molecular flexibility index (Phi) is 2.46. The molecule has 1 heterocycles. The van der Waals surface area contributed by atoms with Gasteiger partial charge in [-0.15, -0.1) is 0 Å². The fraction of sp³-hybridized carbons (Fsp3) is 0.182. The SMILES string of the molecule is Cc1ccc(F)c2c(=O)cc(C(F)F)[nH]c12. The summed E-state index contributed by atoms with van der Waals surface area (Å²) in [5.41, 5.74) is -0.546. The third-order valence-electron chi connectivity index (χ3n) is 2.40. The Morgan fingerprint density at radius 3 is 2.62 bits per heavy atom. The number of H-pyrrole nitrogens is 1. The van der Waals surface area contributed by atoms with Gasteiger partial charge < -0.3 is 4.98 Å². The van der Waals surface area contributed by atoms with Gasteiger partial charge in [0.2, 0.25) is 0 Å². The van der Waals surface area contributed by atoms with E-state index in [-0.39, 0.29) is 10.9 Å². The number of rotatable bonds is 1. The molecule has 0 amide bonds. The summed E-state index contributed by atoms with van der Waals surface area (Å²) >= 11 is 0. The van der Waals surface area contributed by atoms with E-state index in [1.807, 2.05) is 0 Å². The number of aromatic nitrogens is 1. The second-order valence-corrected chi connectivity index (χ2v) is 3.50. The minimum atomic E-state index is -2.78. The van der Waals surface area contributed by atoms with Crippen LogP contribution in [0.25, 0.3) is 10.9 Å². The quantitative estimate of drug-likeness (QED) is 0.798. The highest BCUT2D eigenvalue weighted by Gasteiger charge is 2.14. The number of fused-ring (bicyclic) bond motifs is 1. The van der Waals surface area contributed by atoms with Crippen LogP contribution in [0.2, 0.25) is 0 Å². The minimum absolute atomic E-state index is 0.128. The number of hydrogen-bond donors (Lipinski definition) is 1. The van der Waals surface area contributed by atoms with E-state index in [4.69, 9.17) is 0 Å².